The minimum atomic E-state index is -1.11. The summed E-state index contributed by atoms with van der Waals surface area (Å²) >= 11 is 0. The van der Waals surface area contributed by atoms with Gasteiger partial charge >= 0.3 is 11.9 Å². The smallest absolute Gasteiger partial charge is 0.337 e. The maximum Gasteiger partial charge on any atom is 0.337 e. The van der Waals surface area contributed by atoms with Crippen LogP contribution in [0.3, 0.4) is 0 Å². The lowest BCUT2D eigenvalue weighted by Gasteiger charge is -2.16. The van der Waals surface area contributed by atoms with E-state index in [0.29, 0.717) is 28.4 Å². The van der Waals surface area contributed by atoms with Gasteiger partial charge in [0.15, 0.2) is 0 Å². The highest BCUT2D eigenvalue weighted by Gasteiger charge is 2.14. The zero-order chi connectivity index (χ0) is 19.4. The maximum atomic E-state index is 11.5. The molecule has 0 aliphatic carbocycles. The number of para-hydroxylation sites is 3. The second-order valence-electron chi connectivity index (χ2n) is 5.76. The highest BCUT2D eigenvalue weighted by atomic mass is 35.5. The second kappa shape index (κ2) is 8.79. The van der Waals surface area contributed by atoms with Crippen LogP contribution in [-0.4, -0.2) is 22.2 Å². The molecule has 0 saturated carbocycles. The van der Waals surface area contributed by atoms with Crippen LogP contribution in [0.25, 0.3) is 0 Å². The number of carboxylic acid groups (broad SMARTS) is 2. The first-order valence-electron chi connectivity index (χ1n) is 8.04. The van der Waals surface area contributed by atoms with Gasteiger partial charge in [0.1, 0.15) is 0 Å². The summed E-state index contributed by atoms with van der Waals surface area (Å²) in [5, 5.41) is 24.9. The molecule has 0 saturated heterocycles. The first-order valence-corrected chi connectivity index (χ1v) is 8.04. The molecule has 8 heteroatoms. The van der Waals surface area contributed by atoms with Crippen molar-refractivity contribution >= 4 is 52.8 Å². The number of carboxylic acids is 2. The molecule has 0 radical (unpaired) electrons. The van der Waals surface area contributed by atoms with Gasteiger partial charge in [-0.1, -0.05) is 24.3 Å². The Labute approximate surface area is 167 Å². The Morgan fingerprint density at radius 3 is 1.68 bits per heavy atom. The summed E-state index contributed by atoms with van der Waals surface area (Å²) in [5.74, 6) is -2.15. The largest absolute Gasteiger partial charge is 0.478 e. The number of anilines is 5. The first kappa shape index (κ1) is 20.6. The van der Waals surface area contributed by atoms with Gasteiger partial charge in [-0.15, -0.1) is 12.4 Å². The van der Waals surface area contributed by atoms with E-state index in [9.17, 15) is 19.8 Å². The van der Waals surface area contributed by atoms with Crippen molar-refractivity contribution in [2.24, 2.45) is 0 Å². The molecule has 0 aromatic heterocycles. The minimum absolute atomic E-state index is 0. The quantitative estimate of drug-likeness (QED) is 0.384. The number of nitrogens with two attached hydrogens (primary N) is 1. The van der Waals surface area contributed by atoms with Crippen molar-refractivity contribution in [1.29, 1.82) is 0 Å². The Balaban J connectivity index is 0.00000280. The fourth-order valence-corrected chi connectivity index (χ4v) is 2.62. The Kier molecular flexibility index (Phi) is 6.46. The lowest BCUT2D eigenvalue weighted by atomic mass is 10.1. The SMILES string of the molecule is Cl.Nc1ccc(Nc2ccccc2Nc2ccccc2C(=O)O)c(C(=O)O)c1. The van der Waals surface area contributed by atoms with Gasteiger partial charge in [-0.2, -0.15) is 0 Å². The zero-order valence-corrected chi connectivity index (χ0v) is 15.4. The van der Waals surface area contributed by atoms with Gasteiger partial charge in [-0.3, -0.25) is 0 Å². The van der Waals surface area contributed by atoms with E-state index in [-0.39, 0.29) is 23.5 Å². The van der Waals surface area contributed by atoms with E-state index in [2.05, 4.69) is 10.6 Å². The van der Waals surface area contributed by atoms with Crippen molar-refractivity contribution in [3.63, 3.8) is 0 Å². The third kappa shape index (κ3) is 4.52. The van der Waals surface area contributed by atoms with Gasteiger partial charge < -0.3 is 26.6 Å². The molecule has 3 aromatic carbocycles. The molecule has 0 aliphatic heterocycles. The average Bonchev–Trinajstić information content (AvgIpc) is 2.65. The van der Waals surface area contributed by atoms with Gasteiger partial charge in [-0.25, -0.2) is 9.59 Å². The molecule has 0 aliphatic rings. The lowest BCUT2D eigenvalue weighted by Crippen LogP contribution is -2.06. The Morgan fingerprint density at radius 2 is 1.14 bits per heavy atom. The molecule has 0 spiro atoms. The van der Waals surface area contributed by atoms with E-state index in [4.69, 9.17) is 5.73 Å². The topological polar surface area (TPSA) is 125 Å². The highest BCUT2D eigenvalue weighted by Crippen LogP contribution is 2.31. The molecule has 0 fully saturated rings. The predicted molar refractivity (Wildman–Crippen MR) is 111 cm³/mol. The lowest BCUT2D eigenvalue weighted by molar-refractivity contribution is 0.0687. The summed E-state index contributed by atoms with van der Waals surface area (Å²) in [6.07, 6.45) is 0. The van der Waals surface area contributed by atoms with E-state index < -0.39 is 11.9 Å². The van der Waals surface area contributed by atoms with Crippen LogP contribution in [0.4, 0.5) is 28.4 Å². The third-order valence-corrected chi connectivity index (χ3v) is 3.90. The monoisotopic (exact) mass is 399 g/mol. The molecular weight excluding hydrogens is 382 g/mol. The summed E-state index contributed by atoms with van der Waals surface area (Å²) in [5.41, 5.74) is 8.18. The number of halogens is 1. The minimum Gasteiger partial charge on any atom is -0.478 e. The molecular formula is C20H18ClN3O4. The van der Waals surface area contributed by atoms with Crippen molar-refractivity contribution in [2.75, 3.05) is 16.4 Å². The highest BCUT2D eigenvalue weighted by molar-refractivity contribution is 5.98. The summed E-state index contributed by atoms with van der Waals surface area (Å²) in [6.45, 7) is 0. The zero-order valence-electron chi connectivity index (χ0n) is 14.5. The molecule has 0 bridgehead atoms. The van der Waals surface area contributed by atoms with Crippen LogP contribution in [-0.2, 0) is 0 Å². The number of hydrogen-bond donors (Lipinski definition) is 5. The van der Waals surface area contributed by atoms with Crippen LogP contribution in [0.1, 0.15) is 20.7 Å². The van der Waals surface area contributed by atoms with Crippen molar-refractivity contribution in [1.82, 2.24) is 0 Å². The van der Waals surface area contributed by atoms with Crippen LogP contribution < -0.4 is 16.4 Å². The van der Waals surface area contributed by atoms with Crippen LogP contribution in [0.5, 0.6) is 0 Å². The number of benzene rings is 3. The van der Waals surface area contributed by atoms with E-state index in [1.807, 2.05) is 0 Å². The Bertz CT molecular complexity index is 1020. The molecule has 7 nitrogen and oxygen atoms in total. The molecule has 0 heterocycles. The van der Waals surface area contributed by atoms with Crippen molar-refractivity contribution in [3.05, 3.63) is 77.9 Å². The molecule has 144 valence electrons. The molecule has 3 aromatic rings. The number of nitrogens with one attached hydrogen (secondary N) is 2. The normalized spacial score (nSPS) is 9.86. The van der Waals surface area contributed by atoms with Crippen molar-refractivity contribution in [3.8, 4) is 0 Å². The van der Waals surface area contributed by atoms with Crippen LogP contribution in [0, 0.1) is 0 Å². The van der Waals surface area contributed by atoms with E-state index in [0.717, 1.165) is 0 Å². The van der Waals surface area contributed by atoms with Crippen molar-refractivity contribution in [2.45, 2.75) is 0 Å². The molecule has 0 atom stereocenters. The molecule has 0 unspecified atom stereocenters. The van der Waals surface area contributed by atoms with Gasteiger partial charge in [0.25, 0.3) is 0 Å². The van der Waals surface area contributed by atoms with Crippen LogP contribution in [0.15, 0.2) is 66.7 Å². The molecule has 0 amide bonds. The average molecular weight is 400 g/mol. The molecule has 3 rings (SSSR count). The Hall–Kier alpha value is -3.71. The number of rotatable bonds is 6. The number of carbonyl (C=O) groups is 2. The van der Waals surface area contributed by atoms with Gasteiger partial charge in [0.2, 0.25) is 0 Å². The van der Waals surface area contributed by atoms with E-state index in [1.54, 1.807) is 54.6 Å². The van der Waals surface area contributed by atoms with Crippen LogP contribution >= 0.6 is 12.4 Å². The fourth-order valence-electron chi connectivity index (χ4n) is 2.62. The van der Waals surface area contributed by atoms with E-state index >= 15 is 0 Å². The summed E-state index contributed by atoms with van der Waals surface area (Å²) in [7, 11) is 0. The number of nitrogen functional groups attached to an aromatic ring is 1. The van der Waals surface area contributed by atoms with Gasteiger partial charge in [-0.05, 0) is 42.5 Å². The number of aromatic carboxylic acids is 2. The van der Waals surface area contributed by atoms with Crippen LogP contribution in [0.2, 0.25) is 0 Å². The summed E-state index contributed by atoms with van der Waals surface area (Å²) in [4.78, 5) is 22.9. The number of hydrogen-bond acceptors (Lipinski definition) is 5. The summed E-state index contributed by atoms with van der Waals surface area (Å²) < 4.78 is 0. The maximum absolute atomic E-state index is 11.5. The molecule has 28 heavy (non-hydrogen) atoms. The molecule has 6 N–H and O–H groups in total. The predicted octanol–water partition coefficient (Wildman–Crippen LogP) is 4.57. The second-order valence-corrected chi connectivity index (χ2v) is 5.76. The summed E-state index contributed by atoms with van der Waals surface area (Å²) in [6, 6.07) is 18.2. The fraction of sp³-hybridized carbons (Fsp3) is 0. The standard InChI is InChI=1S/C20H17N3O4.ClH/c21-12-9-10-16(14(11-12)20(26)27)23-18-8-4-3-7-17(18)22-15-6-2-1-5-13(15)19(24)25;/h1-11,22-23H,21H2,(H,24,25)(H,26,27);1H. The van der Waals surface area contributed by atoms with Gasteiger partial charge in [0.05, 0.1) is 33.9 Å². The van der Waals surface area contributed by atoms with E-state index in [1.165, 1.54) is 12.1 Å². The first-order chi connectivity index (χ1) is 13.0. The Morgan fingerprint density at radius 1 is 0.679 bits per heavy atom. The van der Waals surface area contributed by atoms with Crippen molar-refractivity contribution < 1.29 is 19.8 Å². The third-order valence-electron chi connectivity index (χ3n) is 3.90. The van der Waals surface area contributed by atoms with Gasteiger partial charge in [0, 0.05) is 5.69 Å².